The number of piperidine rings is 2. The molecule has 1 aromatic carbocycles. The zero-order valence-corrected chi connectivity index (χ0v) is 17.3. The summed E-state index contributed by atoms with van der Waals surface area (Å²) in [5, 5.41) is 9.99. The lowest BCUT2D eigenvalue weighted by atomic mass is 9.78. The predicted molar refractivity (Wildman–Crippen MR) is 113 cm³/mol. The Hall–Kier alpha value is -2.18. The molecule has 2 saturated heterocycles. The quantitative estimate of drug-likeness (QED) is 0.808. The maximum Gasteiger partial charge on any atom is 0.160 e. The first-order chi connectivity index (χ1) is 14.2. The number of methoxy groups -OCH3 is 1. The molecule has 0 spiro atoms. The van der Waals surface area contributed by atoms with Gasteiger partial charge < -0.3 is 9.84 Å². The summed E-state index contributed by atoms with van der Waals surface area (Å²) in [6.45, 7) is 6.55. The Kier molecular flexibility index (Phi) is 6.62. The van der Waals surface area contributed by atoms with Crippen LogP contribution in [0.5, 0.6) is 11.5 Å². The van der Waals surface area contributed by atoms with E-state index < -0.39 is 0 Å². The maximum absolute atomic E-state index is 9.99. The molecule has 6 heteroatoms. The van der Waals surface area contributed by atoms with Crippen LogP contribution in [0.3, 0.4) is 0 Å². The topological polar surface area (TPSA) is 61.7 Å². The van der Waals surface area contributed by atoms with E-state index in [9.17, 15) is 5.11 Å². The number of likely N-dealkylation sites (tertiary alicyclic amines) is 2. The average molecular weight is 397 g/mol. The van der Waals surface area contributed by atoms with Gasteiger partial charge in [-0.15, -0.1) is 0 Å². The summed E-state index contributed by atoms with van der Waals surface area (Å²) < 4.78 is 5.14. The summed E-state index contributed by atoms with van der Waals surface area (Å²) in [6.07, 6.45) is 10.7. The van der Waals surface area contributed by atoms with Crippen LogP contribution >= 0.6 is 0 Å². The van der Waals surface area contributed by atoms with Crippen molar-refractivity contribution in [3.05, 3.63) is 48.0 Å². The number of nitrogens with zero attached hydrogens (tertiary/aromatic N) is 4. The maximum atomic E-state index is 9.99. The van der Waals surface area contributed by atoms with Gasteiger partial charge in [0.25, 0.3) is 0 Å². The predicted octanol–water partition coefficient (Wildman–Crippen LogP) is 3.32. The fourth-order valence-electron chi connectivity index (χ4n) is 4.93. The molecule has 0 radical (unpaired) electrons. The molecule has 1 N–H and O–H groups in total. The van der Waals surface area contributed by atoms with Crippen LogP contribution in [0.1, 0.15) is 36.8 Å². The molecule has 0 bridgehead atoms. The van der Waals surface area contributed by atoms with Gasteiger partial charge in [-0.1, -0.05) is 6.07 Å². The molecule has 1 aromatic heterocycles. The van der Waals surface area contributed by atoms with Gasteiger partial charge in [-0.05, 0) is 81.4 Å². The number of ether oxygens (including phenoxy) is 1. The minimum Gasteiger partial charge on any atom is -0.504 e. The SMILES string of the molecule is COc1ccc(CN2CCC(C3CCN(Cc4cncnc4)CC3)CC2)cc1O. The van der Waals surface area contributed by atoms with Crippen molar-refractivity contribution in [1.82, 2.24) is 19.8 Å². The largest absolute Gasteiger partial charge is 0.504 e. The van der Waals surface area contributed by atoms with Gasteiger partial charge in [0.05, 0.1) is 7.11 Å². The minimum absolute atomic E-state index is 0.230. The first-order valence-electron chi connectivity index (χ1n) is 10.8. The molecule has 2 fully saturated rings. The van der Waals surface area contributed by atoms with Crippen molar-refractivity contribution in [1.29, 1.82) is 0 Å². The summed E-state index contributed by atoms with van der Waals surface area (Å²) in [4.78, 5) is 13.3. The highest BCUT2D eigenvalue weighted by Crippen LogP contribution is 2.34. The van der Waals surface area contributed by atoms with Crippen LogP contribution in [-0.4, -0.2) is 58.2 Å². The van der Waals surface area contributed by atoms with E-state index in [0.717, 1.165) is 43.6 Å². The molecule has 0 aliphatic carbocycles. The molecule has 2 aromatic rings. The number of aromatic nitrogens is 2. The van der Waals surface area contributed by atoms with Gasteiger partial charge >= 0.3 is 0 Å². The Balaban J connectivity index is 1.21. The lowest BCUT2D eigenvalue weighted by Crippen LogP contribution is -2.40. The normalized spacial score (nSPS) is 20.0. The average Bonchev–Trinajstić information content (AvgIpc) is 2.76. The number of hydrogen-bond acceptors (Lipinski definition) is 6. The first-order valence-corrected chi connectivity index (χ1v) is 10.8. The molecule has 2 aliphatic rings. The Morgan fingerprint density at radius 1 is 0.897 bits per heavy atom. The highest BCUT2D eigenvalue weighted by molar-refractivity contribution is 5.41. The van der Waals surface area contributed by atoms with Crippen molar-refractivity contribution >= 4 is 0 Å². The zero-order valence-electron chi connectivity index (χ0n) is 17.3. The van der Waals surface area contributed by atoms with Gasteiger partial charge in [0.1, 0.15) is 6.33 Å². The number of aromatic hydroxyl groups is 1. The van der Waals surface area contributed by atoms with Crippen molar-refractivity contribution in [3.63, 3.8) is 0 Å². The highest BCUT2D eigenvalue weighted by atomic mass is 16.5. The fraction of sp³-hybridized carbons (Fsp3) is 0.565. The number of benzene rings is 1. The molecule has 0 amide bonds. The number of phenols is 1. The molecule has 156 valence electrons. The highest BCUT2D eigenvalue weighted by Gasteiger charge is 2.29. The van der Waals surface area contributed by atoms with Crippen molar-refractivity contribution in [2.75, 3.05) is 33.3 Å². The van der Waals surface area contributed by atoms with Crippen LogP contribution < -0.4 is 4.74 Å². The van der Waals surface area contributed by atoms with Crippen molar-refractivity contribution in [3.8, 4) is 11.5 Å². The summed E-state index contributed by atoms with van der Waals surface area (Å²) in [5.74, 6) is 2.50. The second-order valence-corrected chi connectivity index (χ2v) is 8.48. The smallest absolute Gasteiger partial charge is 0.160 e. The second-order valence-electron chi connectivity index (χ2n) is 8.48. The summed E-state index contributed by atoms with van der Waals surface area (Å²) in [6, 6.07) is 5.74. The van der Waals surface area contributed by atoms with E-state index in [0.29, 0.717) is 5.75 Å². The van der Waals surface area contributed by atoms with E-state index in [1.165, 1.54) is 44.3 Å². The molecule has 0 saturated carbocycles. The Labute approximate surface area is 173 Å². The van der Waals surface area contributed by atoms with Crippen LogP contribution in [0.2, 0.25) is 0 Å². The third kappa shape index (κ3) is 5.25. The van der Waals surface area contributed by atoms with Crippen LogP contribution in [0.4, 0.5) is 0 Å². The third-order valence-corrected chi connectivity index (χ3v) is 6.60. The molecule has 0 unspecified atom stereocenters. The molecule has 2 aliphatic heterocycles. The van der Waals surface area contributed by atoms with Gasteiger partial charge in [0, 0.05) is 31.0 Å². The van der Waals surface area contributed by atoms with E-state index >= 15 is 0 Å². The van der Waals surface area contributed by atoms with Gasteiger partial charge in [-0.3, -0.25) is 9.80 Å². The molecule has 29 heavy (non-hydrogen) atoms. The second kappa shape index (κ2) is 9.55. The molecule has 3 heterocycles. The lowest BCUT2D eigenvalue weighted by molar-refractivity contribution is 0.0908. The van der Waals surface area contributed by atoms with E-state index in [1.807, 2.05) is 24.5 Å². The number of hydrogen-bond donors (Lipinski definition) is 1. The minimum atomic E-state index is 0.230. The van der Waals surface area contributed by atoms with Gasteiger partial charge in [0.2, 0.25) is 0 Å². The van der Waals surface area contributed by atoms with Crippen LogP contribution in [-0.2, 0) is 13.1 Å². The van der Waals surface area contributed by atoms with E-state index in [1.54, 1.807) is 13.4 Å². The molecule has 0 atom stereocenters. The monoisotopic (exact) mass is 396 g/mol. The Morgan fingerprint density at radius 3 is 1.97 bits per heavy atom. The van der Waals surface area contributed by atoms with E-state index in [4.69, 9.17) is 4.74 Å². The van der Waals surface area contributed by atoms with Crippen molar-refractivity contribution in [2.45, 2.75) is 38.8 Å². The molecule has 6 nitrogen and oxygen atoms in total. The third-order valence-electron chi connectivity index (χ3n) is 6.60. The van der Waals surface area contributed by atoms with Gasteiger partial charge in [0.15, 0.2) is 11.5 Å². The van der Waals surface area contributed by atoms with E-state index in [2.05, 4.69) is 25.8 Å². The molecule has 4 rings (SSSR count). The van der Waals surface area contributed by atoms with Crippen LogP contribution in [0.15, 0.2) is 36.9 Å². The van der Waals surface area contributed by atoms with Crippen LogP contribution in [0, 0.1) is 11.8 Å². The summed E-state index contributed by atoms with van der Waals surface area (Å²) >= 11 is 0. The standard InChI is InChI=1S/C23H32N4O2/c1-29-23-3-2-18(12-22(23)28)15-26-8-4-20(5-9-26)21-6-10-27(11-7-21)16-19-13-24-17-25-14-19/h2-3,12-14,17,20-21,28H,4-11,15-16H2,1H3. The number of rotatable bonds is 6. The van der Waals surface area contributed by atoms with Crippen molar-refractivity contribution in [2.24, 2.45) is 11.8 Å². The van der Waals surface area contributed by atoms with E-state index in [-0.39, 0.29) is 5.75 Å². The van der Waals surface area contributed by atoms with Gasteiger partial charge in [-0.25, -0.2) is 9.97 Å². The number of phenolic OH excluding ortho intramolecular Hbond substituents is 1. The Morgan fingerprint density at radius 2 is 1.45 bits per heavy atom. The molecular formula is C23H32N4O2. The van der Waals surface area contributed by atoms with Crippen molar-refractivity contribution < 1.29 is 9.84 Å². The molecular weight excluding hydrogens is 364 g/mol. The Bertz CT molecular complexity index is 770. The summed E-state index contributed by atoms with van der Waals surface area (Å²) in [5.41, 5.74) is 2.36. The van der Waals surface area contributed by atoms with Gasteiger partial charge in [-0.2, -0.15) is 0 Å². The lowest BCUT2D eigenvalue weighted by Gasteiger charge is -2.40. The zero-order chi connectivity index (χ0) is 20.1. The van der Waals surface area contributed by atoms with Crippen LogP contribution in [0.25, 0.3) is 0 Å². The fourth-order valence-corrected chi connectivity index (χ4v) is 4.93. The summed E-state index contributed by atoms with van der Waals surface area (Å²) in [7, 11) is 1.58. The first kappa shape index (κ1) is 20.1.